The number of hydrogen-bond acceptors (Lipinski definition) is 2. The molecule has 1 aromatic heterocycles. The van der Waals surface area contributed by atoms with Crippen LogP contribution in [0.3, 0.4) is 0 Å². The van der Waals surface area contributed by atoms with Gasteiger partial charge in [0.1, 0.15) is 6.07 Å². The van der Waals surface area contributed by atoms with Crippen LogP contribution in [0.1, 0.15) is 41.7 Å². The Morgan fingerprint density at radius 1 is 1.14 bits per heavy atom. The third-order valence-corrected chi connectivity index (χ3v) is 3.93. The molecule has 0 spiro atoms. The van der Waals surface area contributed by atoms with Crippen molar-refractivity contribution in [3.8, 4) is 30.0 Å². The summed E-state index contributed by atoms with van der Waals surface area (Å²) < 4.78 is 0. The zero-order valence-corrected chi connectivity index (χ0v) is 14.8. The van der Waals surface area contributed by atoms with Gasteiger partial charge in [-0.1, -0.05) is 44.2 Å². The summed E-state index contributed by atoms with van der Waals surface area (Å²) in [5.74, 6) is 0. The van der Waals surface area contributed by atoms with Crippen molar-refractivity contribution in [3.63, 3.8) is 0 Å². The van der Waals surface area contributed by atoms with Gasteiger partial charge >= 0.3 is 0 Å². The molecule has 0 saturated carbocycles. The van der Waals surface area contributed by atoms with E-state index in [0.29, 0.717) is 0 Å². The van der Waals surface area contributed by atoms with Gasteiger partial charge in [0.05, 0.1) is 5.56 Å². The number of nitrogens with zero attached hydrogens (tertiary/aromatic N) is 1. The van der Waals surface area contributed by atoms with Crippen molar-refractivity contribution in [1.29, 1.82) is 5.26 Å². The third kappa shape index (κ3) is 4.62. The van der Waals surface area contributed by atoms with Crippen molar-refractivity contribution < 1.29 is 0 Å². The van der Waals surface area contributed by atoms with Crippen molar-refractivity contribution in [3.05, 3.63) is 51.2 Å². The SMILES string of the molecule is C#C.C/C=C\c1cccc(-c2c(C)sc(C)c2C#N)c1.CC. The molecule has 0 saturated heterocycles. The Hall–Kier alpha value is -2.29. The third-order valence-electron chi connectivity index (χ3n) is 2.91. The molecule has 0 amide bonds. The van der Waals surface area contributed by atoms with Gasteiger partial charge in [0, 0.05) is 15.3 Å². The van der Waals surface area contributed by atoms with Crippen LogP contribution in [0.15, 0.2) is 30.3 Å². The average Bonchev–Trinajstić information content (AvgIpc) is 2.85. The summed E-state index contributed by atoms with van der Waals surface area (Å²) in [6.45, 7) is 10.1. The summed E-state index contributed by atoms with van der Waals surface area (Å²) in [6.07, 6.45) is 12.1. The summed E-state index contributed by atoms with van der Waals surface area (Å²) in [5, 5.41) is 9.29. The Morgan fingerprint density at radius 2 is 1.77 bits per heavy atom. The normalized spacial score (nSPS) is 9.18. The first kappa shape index (κ1) is 19.7. The Morgan fingerprint density at radius 3 is 2.32 bits per heavy atom. The highest BCUT2D eigenvalue weighted by molar-refractivity contribution is 7.12. The van der Waals surface area contributed by atoms with Gasteiger partial charge < -0.3 is 0 Å². The fourth-order valence-electron chi connectivity index (χ4n) is 2.16. The minimum Gasteiger partial charge on any atom is -0.192 e. The van der Waals surface area contributed by atoms with Crippen LogP contribution in [-0.2, 0) is 0 Å². The van der Waals surface area contributed by atoms with Crippen LogP contribution in [0.5, 0.6) is 0 Å². The van der Waals surface area contributed by atoms with E-state index in [4.69, 9.17) is 0 Å². The van der Waals surface area contributed by atoms with E-state index >= 15 is 0 Å². The van der Waals surface area contributed by atoms with Crippen molar-refractivity contribution >= 4 is 17.4 Å². The lowest BCUT2D eigenvalue weighted by Crippen LogP contribution is -1.84. The molecular weight excluding hydrogens is 286 g/mol. The van der Waals surface area contributed by atoms with E-state index < -0.39 is 0 Å². The smallest absolute Gasteiger partial charge is 0.101 e. The fourth-order valence-corrected chi connectivity index (χ4v) is 3.19. The lowest BCUT2D eigenvalue weighted by Gasteiger charge is -2.03. The fraction of sp³-hybridized carbons (Fsp3) is 0.250. The quantitative estimate of drug-likeness (QED) is 0.605. The van der Waals surface area contributed by atoms with E-state index in [-0.39, 0.29) is 0 Å². The molecule has 0 aliphatic carbocycles. The predicted molar refractivity (Wildman–Crippen MR) is 99.9 cm³/mol. The van der Waals surface area contributed by atoms with Crippen molar-refractivity contribution in [2.75, 3.05) is 0 Å². The summed E-state index contributed by atoms with van der Waals surface area (Å²) in [4.78, 5) is 2.31. The van der Waals surface area contributed by atoms with E-state index in [2.05, 4.69) is 50.1 Å². The number of rotatable bonds is 2. The lowest BCUT2D eigenvalue weighted by atomic mass is 9.99. The molecule has 0 aliphatic heterocycles. The molecule has 2 aromatic rings. The molecule has 0 bridgehead atoms. The molecule has 0 radical (unpaired) electrons. The van der Waals surface area contributed by atoms with Gasteiger partial charge in [-0.05, 0) is 38.0 Å². The number of hydrogen-bond donors (Lipinski definition) is 0. The molecule has 2 heteroatoms. The molecule has 1 heterocycles. The molecule has 0 N–H and O–H groups in total. The Balaban J connectivity index is 0.00000102. The zero-order valence-electron chi connectivity index (χ0n) is 14.0. The van der Waals surface area contributed by atoms with E-state index in [1.54, 1.807) is 11.3 Å². The first-order valence-corrected chi connectivity index (χ1v) is 8.05. The highest BCUT2D eigenvalue weighted by Crippen LogP contribution is 2.35. The minimum atomic E-state index is 0.815. The van der Waals surface area contributed by atoms with Gasteiger partial charge in [-0.25, -0.2) is 0 Å². The molecule has 0 fully saturated rings. The summed E-state index contributed by atoms with van der Waals surface area (Å²) in [5.41, 5.74) is 4.20. The standard InChI is InChI=1S/C16H15NS.C2H6.C2H2/c1-4-6-13-7-5-8-14(9-13)16-12(3)18-11(2)15(16)10-17;2*1-2/h4-9H,1-3H3;1-2H3;1-2H/b6-4-;;. The van der Waals surface area contributed by atoms with Crippen LogP contribution in [-0.4, -0.2) is 0 Å². The number of terminal acetylenes is 1. The largest absolute Gasteiger partial charge is 0.192 e. The predicted octanol–water partition coefficient (Wildman–Crippen LogP) is 6.21. The van der Waals surface area contributed by atoms with E-state index in [1.807, 2.05) is 39.8 Å². The maximum Gasteiger partial charge on any atom is 0.101 e. The lowest BCUT2D eigenvalue weighted by molar-refractivity contribution is 1.45. The Bertz CT molecular complexity index is 681. The van der Waals surface area contributed by atoms with Crippen LogP contribution in [0, 0.1) is 38.0 Å². The molecule has 1 nitrogen and oxygen atoms in total. The van der Waals surface area contributed by atoms with Crippen molar-refractivity contribution in [2.24, 2.45) is 0 Å². The van der Waals surface area contributed by atoms with Crippen molar-refractivity contribution in [2.45, 2.75) is 34.6 Å². The van der Waals surface area contributed by atoms with Gasteiger partial charge in [0.2, 0.25) is 0 Å². The van der Waals surface area contributed by atoms with Gasteiger partial charge in [-0.2, -0.15) is 5.26 Å². The molecule has 2 rings (SSSR count). The second-order valence-electron chi connectivity index (χ2n) is 4.20. The summed E-state index contributed by atoms with van der Waals surface area (Å²) >= 11 is 1.69. The maximum atomic E-state index is 9.29. The number of allylic oxidation sites excluding steroid dienone is 1. The highest BCUT2D eigenvalue weighted by atomic mass is 32.1. The number of nitriles is 1. The van der Waals surface area contributed by atoms with Gasteiger partial charge in [0.15, 0.2) is 0 Å². The molecule has 0 aliphatic rings. The first-order chi connectivity index (χ1) is 10.7. The monoisotopic (exact) mass is 309 g/mol. The van der Waals surface area contributed by atoms with Gasteiger partial charge in [0.25, 0.3) is 0 Å². The maximum absolute atomic E-state index is 9.29. The van der Waals surface area contributed by atoms with Crippen molar-refractivity contribution in [1.82, 2.24) is 0 Å². The highest BCUT2D eigenvalue weighted by Gasteiger charge is 2.14. The molecule has 0 unspecified atom stereocenters. The first-order valence-electron chi connectivity index (χ1n) is 7.24. The van der Waals surface area contributed by atoms with E-state index in [0.717, 1.165) is 21.6 Å². The number of thiophene rings is 1. The van der Waals surface area contributed by atoms with Crippen LogP contribution < -0.4 is 0 Å². The zero-order chi connectivity index (χ0) is 17.1. The van der Waals surface area contributed by atoms with Crippen LogP contribution in [0.25, 0.3) is 17.2 Å². The van der Waals surface area contributed by atoms with Crippen LogP contribution in [0.4, 0.5) is 0 Å². The molecule has 114 valence electrons. The van der Waals surface area contributed by atoms with Crippen LogP contribution in [0.2, 0.25) is 0 Å². The minimum absolute atomic E-state index is 0.815. The topological polar surface area (TPSA) is 23.8 Å². The second kappa shape index (κ2) is 10.4. The number of benzene rings is 1. The van der Waals surface area contributed by atoms with E-state index in [1.165, 1.54) is 10.4 Å². The summed E-state index contributed by atoms with van der Waals surface area (Å²) in [7, 11) is 0. The van der Waals surface area contributed by atoms with E-state index in [9.17, 15) is 5.26 Å². The second-order valence-corrected chi connectivity index (χ2v) is 5.63. The Kier molecular flexibility index (Phi) is 9.35. The van der Waals surface area contributed by atoms with Crippen LogP contribution >= 0.6 is 11.3 Å². The van der Waals surface area contributed by atoms with Gasteiger partial charge in [-0.3, -0.25) is 0 Å². The molecule has 0 atom stereocenters. The Labute approximate surface area is 138 Å². The average molecular weight is 309 g/mol. The molecule has 22 heavy (non-hydrogen) atoms. The van der Waals surface area contributed by atoms with Gasteiger partial charge in [-0.15, -0.1) is 24.2 Å². The molecular formula is C20H23NS. The number of aryl methyl sites for hydroxylation is 2. The summed E-state index contributed by atoms with van der Waals surface area (Å²) in [6, 6.07) is 10.6. The molecule has 1 aromatic carbocycles.